The molecule has 1 aliphatic rings. The van der Waals surface area contributed by atoms with Gasteiger partial charge in [0.1, 0.15) is 0 Å². The zero-order valence-electron chi connectivity index (χ0n) is 12.1. The first-order valence-electron chi connectivity index (χ1n) is 6.91. The Bertz CT molecular complexity index is 614. The topological polar surface area (TPSA) is 58.2 Å². The van der Waals surface area contributed by atoms with Crippen LogP contribution in [0.2, 0.25) is 0 Å². The maximum absolute atomic E-state index is 12.2. The Morgan fingerprint density at radius 2 is 1.95 bits per heavy atom. The van der Waals surface area contributed by atoms with Crippen molar-refractivity contribution < 1.29 is 17.2 Å². The van der Waals surface area contributed by atoms with E-state index in [4.69, 9.17) is 0 Å². The fraction of sp³-hybridized carbons (Fsp3) is 0.571. The van der Waals surface area contributed by atoms with Gasteiger partial charge in [-0.2, -0.15) is 0 Å². The summed E-state index contributed by atoms with van der Waals surface area (Å²) in [7, 11) is -3.91. The smallest absolute Gasteiger partial charge is 0.251 e. The zero-order chi connectivity index (χ0) is 15.6. The van der Waals surface area contributed by atoms with Crippen LogP contribution in [0, 0.1) is 13.8 Å². The lowest BCUT2D eigenvalue weighted by molar-refractivity contribution is 0.153. The van der Waals surface area contributed by atoms with Gasteiger partial charge < -0.3 is 5.32 Å². The molecule has 7 heteroatoms. The summed E-state index contributed by atoms with van der Waals surface area (Å²) < 4.78 is 50.7. The maximum Gasteiger partial charge on any atom is 0.251 e. The first-order chi connectivity index (χ1) is 9.79. The van der Waals surface area contributed by atoms with Crippen molar-refractivity contribution >= 4 is 10.0 Å². The second-order valence-corrected chi connectivity index (χ2v) is 7.17. The largest absolute Gasteiger partial charge is 0.310 e. The van der Waals surface area contributed by atoms with Crippen molar-refractivity contribution in [3.8, 4) is 0 Å². The molecule has 118 valence electrons. The number of aryl methyl sites for hydroxylation is 1. The van der Waals surface area contributed by atoms with Gasteiger partial charge >= 0.3 is 0 Å². The molecule has 0 spiro atoms. The minimum atomic E-state index is -3.91. The molecule has 2 N–H and O–H groups in total. The third-order valence-corrected chi connectivity index (χ3v) is 5.12. The predicted octanol–water partition coefficient (Wildman–Crippen LogP) is 2.10. The minimum Gasteiger partial charge on any atom is -0.310 e. The molecule has 1 saturated carbocycles. The Labute approximate surface area is 124 Å². The van der Waals surface area contributed by atoms with Crippen LogP contribution in [0.15, 0.2) is 17.0 Å². The Hall–Kier alpha value is -1.05. The van der Waals surface area contributed by atoms with Gasteiger partial charge in [0.05, 0.1) is 11.4 Å². The number of benzene rings is 1. The van der Waals surface area contributed by atoms with Crippen molar-refractivity contribution in [1.82, 2.24) is 10.0 Å². The first kappa shape index (κ1) is 16.3. The van der Waals surface area contributed by atoms with Crippen LogP contribution in [0.5, 0.6) is 0 Å². The van der Waals surface area contributed by atoms with E-state index >= 15 is 0 Å². The van der Waals surface area contributed by atoms with E-state index in [9.17, 15) is 17.2 Å². The molecule has 1 fully saturated rings. The Kier molecular flexibility index (Phi) is 4.95. The number of hydrogen-bond donors (Lipinski definition) is 2. The molecule has 0 atom stereocenters. The average molecular weight is 318 g/mol. The Morgan fingerprint density at radius 1 is 1.29 bits per heavy atom. The van der Waals surface area contributed by atoms with Crippen LogP contribution in [0.25, 0.3) is 0 Å². The Morgan fingerprint density at radius 3 is 2.52 bits per heavy atom. The lowest BCUT2D eigenvalue weighted by Crippen LogP contribution is -2.29. The molecule has 21 heavy (non-hydrogen) atoms. The standard InChI is InChI=1S/C14H20F2N2O2S/c1-9-5-11(7-17-12-3-4-12)6-13(10(9)2)21(19,20)18-8-14(15)16/h5-6,12,14,17-18H,3-4,7-8H2,1-2H3. The molecule has 0 saturated heterocycles. The molecule has 0 unspecified atom stereocenters. The van der Waals surface area contributed by atoms with Crippen LogP contribution in [0.4, 0.5) is 8.78 Å². The molecule has 0 aliphatic heterocycles. The van der Waals surface area contributed by atoms with Gasteiger partial charge in [0, 0.05) is 12.6 Å². The Balaban J connectivity index is 2.23. The quantitative estimate of drug-likeness (QED) is 0.809. The lowest BCUT2D eigenvalue weighted by Gasteiger charge is -2.14. The molecular formula is C14H20F2N2O2S. The van der Waals surface area contributed by atoms with E-state index in [0.29, 0.717) is 18.2 Å². The van der Waals surface area contributed by atoms with E-state index in [1.807, 2.05) is 17.7 Å². The fourth-order valence-corrected chi connectivity index (χ4v) is 3.45. The van der Waals surface area contributed by atoms with Crippen LogP contribution in [-0.4, -0.2) is 27.4 Å². The summed E-state index contributed by atoms with van der Waals surface area (Å²) in [4.78, 5) is 0.0794. The zero-order valence-corrected chi connectivity index (χ0v) is 12.9. The van der Waals surface area contributed by atoms with Gasteiger partial charge in [-0.15, -0.1) is 0 Å². The highest BCUT2D eigenvalue weighted by atomic mass is 32.2. The molecule has 1 aliphatic carbocycles. The third kappa shape index (κ3) is 4.46. The highest BCUT2D eigenvalue weighted by molar-refractivity contribution is 7.89. The van der Waals surface area contributed by atoms with Gasteiger partial charge in [-0.25, -0.2) is 21.9 Å². The number of nitrogens with one attached hydrogen (secondary N) is 2. The van der Waals surface area contributed by atoms with E-state index < -0.39 is 23.0 Å². The lowest BCUT2D eigenvalue weighted by atomic mass is 10.1. The molecule has 0 amide bonds. The predicted molar refractivity (Wildman–Crippen MR) is 77.0 cm³/mol. The van der Waals surface area contributed by atoms with Gasteiger partial charge in [0.2, 0.25) is 10.0 Å². The summed E-state index contributed by atoms with van der Waals surface area (Å²) in [5, 5.41) is 3.31. The van der Waals surface area contributed by atoms with E-state index in [-0.39, 0.29) is 4.90 Å². The molecule has 0 heterocycles. The summed E-state index contributed by atoms with van der Waals surface area (Å²) in [5.41, 5.74) is 2.27. The van der Waals surface area contributed by atoms with E-state index in [0.717, 1.165) is 24.0 Å². The highest BCUT2D eigenvalue weighted by Crippen LogP contribution is 2.23. The summed E-state index contributed by atoms with van der Waals surface area (Å²) in [6.45, 7) is 3.22. The van der Waals surface area contributed by atoms with Crippen LogP contribution < -0.4 is 10.0 Å². The van der Waals surface area contributed by atoms with Crippen molar-refractivity contribution in [2.75, 3.05) is 6.54 Å². The van der Waals surface area contributed by atoms with Gasteiger partial charge in [-0.05, 0) is 49.4 Å². The van der Waals surface area contributed by atoms with Crippen LogP contribution >= 0.6 is 0 Å². The van der Waals surface area contributed by atoms with Crippen LogP contribution in [0.3, 0.4) is 0 Å². The van der Waals surface area contributed by atoms with Gasteiger partial charge in [0.25, 0.3) is 6.43 Å². The van der Waals surface area contributed by atoms with E-state index in [1.165, 1.54) is 0 Å². The molecule has 4 nitrogen and oxygen atoms in total. The van der Waals surface area contributed by atoms with Crippen molar-refractivity contribution in [3.63, 3.8) is 0 Å². The molecule has 0 bridgehead atoms. The second kappa shape index (κ2) is 6.37. The van der Waals surface area contributed by atoms with Crippen LogP contribution in [-0.2, 0) is 16.6 Å². The van der Waals surface area contributed by atoms with E-state index in [2.05, 4.69) is 5.32 Å². The number of hydrogen-bond acceptors (Lipinski definition) is 3. The van der Waals surface area contributed by atoms with Crippen molar-refractivity contribution in [2.45, 2.75) is 50.6 Å². The summed E-state index contributed by atoms with van der Waals surface area (Å²) >= 11 is 0. The number of alkyl halides is 2. The summed E-state index contributed by atoms with van der Waals surface area (Å²) in [6.07, 6.45) is -0.418. The first-order valence-corrected chi connectivity index (χ1v) is 8.39. The SMILES string of the molecule is Cc1cc(CNC2CC2)cc(S(=O)(=O)NCC(F)F)c1C. The van der Waals surface area contributed by atoms with Crippen LogP contribution in [0.1, 0.15) is 29.5 Å². The summed E-state index contributed by atoms with van der Waals surface area (Å²) in [6, 6.07) is 4.01. The summed E-state index contributed by atoms with van der Waals surface area (Å²) in [5.74, 6) is 0. The second-order valence-electron chi connectivity index (χ2n) is 5.43. The van der Waals surface area contributed by atoms with E-state index in [1.54, 1.807) is 13.0 Å². The van der Waals surface area contributed by atoms with Gasteiger partial charge in [-0.1, -0.05) is 6.07 Å². The minimum absolute atomic E-state index is 0.0794. The molecule has 2 rings (SSSR count). The molecular weight excluding hydrogens is 298 g/mol. The van der Waals surface area contributed by atoms with Crippen molar-refractivity contribution in [1.29, 1.82) is 0 Å². The number of halogens is 2. The molecule has 1 aromatic carbocycles. The third-order valence-electron chi connectivity index (χ3n) is 3.57. The normalized spacial score (nSPS) is 15.7. The van der Waals surface area contributed by atoms with Gasteiger partial charge in [-0.3, -0.25) is 0 Å². The highest BCUT2D eigenvalue weighted by Gasteiger charge is 2.22. The number of rotatable bonds is 7. The monoisotopic (exact) mass is 318 g/mol. The molecule has 0 radical (unpaired) electrons. The number of sulfonamides is 1. The fourth-order valence-electron chi connectivity index (χ4n) is 2.08. The van der Waals surface area contributed by atoms with Crippen molar-refractivity contribution in [2.24, 2.45) is 0 Å². The molecule has 0 aromatic heterocycles. The van der Waals surface area contributed by atoms with Gasteiger partial charge in [0.15, 0.2) is 0 Å². The average Bonchev–Trinajstić information content (AvgIpc) is 3.21. The molecule has 1 aromatic rings. The van der Waals surface area contributed by atoms with Crippen molar-refractivity contribution in [3.05, 3.63) is 28.8 Å². The maximum atomic E-state index is 12.2.